The molecule has 0 heterocycles. The van der Waals surface area contributed by atoms with Crippen LogP contribution in [0, 0.1) is 0 Å². The van der Waals surface area contributed by atoms with Crippen LogP contribution in [0.2, 0.25) is 0 Å². The number of hydrogen-bond donors (Lipinski definition) is 0. The molecule has 0 radical (unpaired) electrons. The van der Waals surface area contributed by atoms with Gasteiger partial charge in [0, 0.05) is 0 Å². The molecule has 0 unspecified atom stereocenters. The van der Waals surface area contributed by atoms with Crippen molar-refractivity contribution in [1.29, 1.82) is 0 Å². The van der Waals surface area contributed by atoms with E-state index < -0.39 is 16.7 Å². The van der Waals surface area contributed by atoms with Gasteiger partial charge in [0.25, 0.3) is 5.92 Å². The smallest absolute Gasteiger partial charge is 0.203 e. The largest absolute Gasteiger partial charge is 0.283 e. The second-order valence-corrected chi connectivity index (χ2v) is 2.42. The lowest BCUT2D eigenvalue weighted by atomic mass is 10.8. The van der Waals surface area contributed by atoms with Gasteiger partial charge in [-0.2, -0.15) is 0 Å². The van der Waals surface area contributed by atoms with E-state index in [0.717, 1.165) is 0 Å². The number of alkyl halides is 4. The van der Waals surface area contributed by atoms with Crippen molar-refractivity contribution in [2.45, 2.75) is 16.7 Å². The fourth-order valence-electron chi connectivity index (χ4n) is 0.255. The zero-order chi connectivity index (χ0) is 5.65. The van der Waals surface area contributed by atoms with E-state index in [1.54, 1.807) is 0 Å². The van der Waals surface area contributed by atoms with Gasteiger partial charge in [0.05, 0.1) is 0 Å². The highest BCUT2D eigenvalue weighted by molar-refractivity contribution is 6.35. The van der Waals surface area contributed by atoms with Crippen LogP contribution in [0.5, 0.6) is 0 Å². The summed E-state index contributed by atoms with van der Waals surface area (Å²) < 4.78 is 23.3. The lowest BCUT2D eigenvalue weighted by molar-refractivity contribution is 0.123. The summed E-state index contributed by atoms with van der Waals surface area (Å²) in [6.45, 7) is 0. The first-order valence-corrected chi connectivity index (χ1v) is 2.60. The van der Waals surface area contributed by atoms with E-state index in [9.17, 15) is 8.78 Å². The summed E-state index contributed by atoms with van der Waals surface area (Å²) in [5.41, 5.74) is 0. The average molecular weight is 147 g/mol. The van der Waals surface area contributed by atoms with Gasteiger partial charge in [-0.15, -0.1) is 23.2 Å². The molecule has 0 amide bonds. The average Bonchev–Trinajstić information content (AvgIpc) is 1.91. The van der Waals surface area contributed by atoms with Crippen LogP contribution < -0.4 is 0 Å². The van der Waals surface area contributed by atoms with Crippen molar-refractivity contribution in [3.05, 3.63) is 0 Å². The Hall–Kier alpha value is 0.440. The minimum absolute atomic E-state index is 1.13. The van der Waals surface area contributed by atoms with Crippen molar-refractivity contribution < 1.29 is 8.78 Å². The Kier molecular flexibility index (Phi) is 0.981. The third kappa shape index (κ3) is 0.609. The molecule has 7 heavy (non-hydrogen) atoms. The summed E-state index contributed by atoms with van der Waals surface area (Å²) in [7, 11) is 0. The molecule has 0 aliphatic heterocycles. The summed E-state index contributed by atoms with van der Waals surface area (Å²) in [6.07, 6.45) is 0. The quantitative estimate of drug-likeness (QED) is 0.458. The summed E-state index contributed by atoms with van der Waals surface area (Å²) in [6, 6.07) is 0. The first kappa shape index (κ1) is 5.57. The molecule has 0 aromatic carbocycles. The third-order valence-electron chi connectivity index (χ3n) is 0.883. The second kappa shape index (κ2) is 1.23. The lowest BCUT2D eigenvalue weighted by Gasteiger charge is -1.81. The predicted octanol–water partition coefficient (Wildman–Crippen LogP) is 1.85. The van der Waals surface area contributed by atoms with Crippen molar-refractivity contribution >= 4 is 23.2 Å². The minimum atomic E-state index is -2.80. The monoisotopic (exact) mass is 146 g/mol. The SMILES string of the molecule is FC1(F)[C@H](Cl)[C@H]1Cl. The Bertz CT molecular complexity index is 82.9. The zero-order valence-corrected chi connectivity index (χ0v) is 4.68. The molecule has 0 saturated heterocycles. The van der Waals surface area contributed by atoms with Crippen LogP contribution in [0.3, 0.4) is 0 Å². The van der Waals surface area contributed by atoms with Crippen molar-refractivity contribution in [2.75, 3.05) is 0 Å². The predicted molar refractivity (Wildman–Crippen MR) is 24.2 cm³/mol. The van der Waals surface area contributed by atoms with Crippen LogP contribution in [0.1, 0.15) is 0 Å². The molecule has 1 aliphatic carbocycles. The van der Waals surface area contributed by atoms with Crippen LogP contribution in [0.4, 0.5) is 8.78 Å². The van der Waals surface area contributed by atoms with E-state index >= 15 is 0 Å². The Morgan fingerprint density at radius 1 is 1.14 bits per heavy atom. The van der Waals surface area contributed by atoms with Crippen LogP contribution >= 0.6 is 23.2 Å². The highest BCUT2D eigenvalue weighted by Crippen LogP contribution is 2.50. The van der Waals surface area contributed by atoms with E-state index in [4.69, 9.17) is 23.2 Å². The van der Waals surface area contributed by atoms with Crippen molar-refractivity contribution in [1.82, 2.24) is 0 Å². The highest BCUT2D eigenvalue weighted by Gasteiger charge is 2.67. The first-order chi connectivity index (χ1) is 3.07. The number of halogens is 4. The summed E-state index contributed by atoms with van der Waals surface area (Å²) in [5.74, 6) is -2.80. The highest BCUT2D eigenvalue weighted by atomic mass is 35.5. The maximum atomic E-state index is 11.7. The van der Waals surface area contributed by atoms with E-state index in [1.165, 1.54) is 0 Å². The number of rotatable bonds is 0. The van der Waals surface area contributed by atoms with E-state index in [0.29, 0.717) is 0 Å². The van der Waals surface area contributed by atoms with Gasteiger partial charge in [-0.05, 0) is 0 Å². The minimum Gasteiger partial charge on any atom is -0.203 e. The summed E-state index contributed by atoms with van der Waals surface area (Å²) >= 11 is 9.89. The molecule has 1 rings (SSSR count). The molecule has 0 N–H and O–H groups in total. The number of hydrogen-bond acceptors (Lipinski definition) is 0. The van der Waals surface area contributed by atoms with Gasteiger partial charge in [0.15, 0.2) is 0 Å². The van der Waals surface area contributed by atoms with Crippen LogP contribution in [0.15, 0.2) is 0 Å². The van der Waals surface area contributed by atoms with Gasteiger partial charge in [0.1, 0.15) is 10.8 Å². The van der Waals surface area contributed by atoms with Gasteiger partial charge >= 0.3 is 0 Å². The van der Waals surface area contributed by atoms with Crippen LogP contribution in [-0.4, -0.2) is 16.7 Å². The van der Waals surface area contributed by atoms with Crippen LogP contribution in [0.25, 0.3) is 0 Å². The van der Waals surface area contributed by atoms with Crippen molar-refractivity contribution in [3.63, 3.8) is 0 Å². The maximum absolute atomic E-state index is 11.7. The molecule has 0 nitrogen and oxygen atoms in total. The molecular formula is C3H2Cl2F2. The summed E-state index contributed by atoms with van der Waals surface area (Å²) in [5, 5.41) is -2.26. The molecule has 1 fully saturated rings. The van der Waals surface area contributed by atoms with Gasteiger partial charge in [-0.1, -0.05) is 0 Å². The fourth-order valence-corrected chi connectivity index (χ4v) is 0.781. The van der Waals surface area contributed by atoms with Crippen LogP contribution in [-0.2, 0) is 0 Å². The normalized spacial score (nSPS) is 46.3. The molecule has 42 valence electrons. The standard InChI is InChI=1S/C3H2Cl2F2/c4-1-2(5)3(1,6)7/h1-2H/t1-,2-/m1/s1. The Morgan fingerprint density at radius 2 is 1.29 bits per heavy atom. The zero-order valence-electron chi connectivity index (χ0n) is 3.17. The third-order valence-corrected chi connectivity index (χ3v) is 2.10. The van der Waals surface area contributed by atoms with Crippen molar-refractivity contribution in [2.24, 2.45) is 0 Å². The molecular weight excluding hydrogens is 145 g/mol. The molecule has 1 saturated carbocycles. The topological polar surface area (TPSA) is 0 Å². The summed E-state index contributed by atoms with van der Waals surface area (Å²) in [4.78, 5) is 0. The lowest BCUT2D eigenvalue weighted by Crippen LogP contribution is -1.92. The molecule has 4 heteroatoms. The Morgan fingerprint density at radius 3 is 1.29 bits per heavy atom. The second-order valence-electron chi connectivity index (χ2n) is 1.48. The fraction of sp³-hybridized carbons (Fsp3) is 1.00. The molecule has 2 atom stereocenters. The molecule has 0 bridgehead atoms. The van der Waals surface area contributed by atoms with Gasteiger partial charge in [-0.25, -0.2) is 8.78 Å². The van der Waals surface area contributed by atoms with Crippen molar-refractivity contribution in [3.8, 4) is 0 Å². The Balaban J connectivity index is 2.52. The van der Waals surface area contributed by atoms with E-state index in [-0.39, 0.29) is 0 Å². The van der Waals surface area contributed by atoms with E-state index in [2.05, 4.69) is 0 Å². The molecule has 0 aromatic rings. The van der Waals surface area contributed by atoms with Gasteiger partial charge in [-0.3, -0.25) is 0 Å². The molecule has 1 aliphatic rings. The Labute approximate surface area is 49.4 Å². The van der Waals surface area contributed by atoms with Gasteiger partial charge in [0.2, 0.25) is 0 Å². The van der Waals surface area contributed by atoms with E-state index in [1.807, 2.05) is 0 Å². The molecule has 0 spiro atoms. The molecule has 0 aromatic heterocycles. The first-order valence-electron chi connectivity index (χ1n) is 1.73. The van der Waals surface area contributed by atoms with Gasteiger partial charge < -0.3 is 0 Å². The maximum Gasteiger partial charge on any atom is 0.283 e.